The van der Waals surface area contributed by atoms with Gasteiger partial charge in [-0.3, -0.25) is 4.79 Å². The van der Waals surface area contributed by atoms with E-state index >= 15 is 0 Å². The number of hydrogen-bond donors (Lipinski definition) is 3. The van der Waals surface area contributed by atoms with Crippen LogP contribution in [0.25, 0.3) is 0 Å². The van der Waals surface area contributed by atoms with Crippen molar-refractivity contribution >= 4 is 17.3 Å². The third-order valence-corrected chi connectivity index (χ3v) is 2.37. The summed E-state index contributed by atoms with van der Waals surface area (Å²) in [5.74, 6) is -0.00908. The van der Waals surface area contributed by atoms with Gasteiger partial charge in [-0.2, -0.15) is 5.26 Å². The summed E-state index contributed by atoms with van der Waals surface area (Å²) in [5.41, 5.74) is 8.02. The SMILES string of the molecule is CNC(=O)CCNc1ccc(N)c(CC#N)c1. The second kappa shape index (κ2) is 6.38. The predicted molar refractivity (Wildman–Crippen MR) is 67.3 cm³/mol. The Kier molecular flexibility index (Phi) is 4.82. The lowest BCUT2D eigenvalue weighted by atomic mass is 10.1. The van der Waals surface area contributed by atoms with E-state index in [-0.39, 0.29) is 12.3 Å². The van der Waals surface area contributed by atoms with Gasteiger partial charge >= 0.3 is 0 Å². The Morgan fingerprint density at radius 1 is 1.53 bits per heavy atom. The van der Waals surface area contributed by atoms with Gasteiger partial charge in [0.05, 0.1) is 12.5 Å². The first-order valence-electron chi connectivity index (χ1n) is 5.37. The first-order chi connectivity index (χ1) is 8.17. The lowest BCUT2D eigenvalue weighted by Gasteiger charge is -2.08. The second-order valence-corrected chi connectivity index (χ2v) is 3.60. The molecule has 0 aliphatic carbocycles. The van der Waals surface area contributed by atoms with Gasteiger partial charge in [-0.15, -0.1) is 0 Å². The van der Waals surface area contributed by atoms with Crippen LogP contribution in [-0.2, 0) is 11.2 Å². The molecular weight excluding hydrogens is 216 g/mol. The van der Waals surface area contributed by atoms with Gasteiger partial charge in [-0.25, -0.2) is 0 Å². The number of anilines is 2. The second-order valence-electron chi connectivity index (χ2n) is 3.60. The third-order valence-electron chi connectivity index (χ3n) is 2.37. The zero-order chi connectivity index (χ0) is 12.7. The maximum absolute atomic E-state index is 11.0. The van der Waals surface area contributed by atoms with Crippen molar-refractivity contribution in [3.8, 4) is 6.07 Å². The highest BCUT2D eigenvalue weighted by Crippen LogP contribution is 2.18. The molecule has 0 fully saturated rings. The topological polar surface area (TPSA) is 90.9 Å². The minimum Gasteiger partial charge on any atom is -0.398 e. The summed E-state index contributed by atoms with van der Waals surface area (Å²) >= 11 is 0. The average molecular weight is 232 g/mol. The zero-order valence-electron chi connectivity index (χ0n) is 9.79. The van der Waals surface area contributed by atoms with E-state index in [1.54, 1.807) is 13.1 Å². The minimum absolute atomic E-state index is 0.00908. The van der Waals surface area contributed by atoms with E-state index in [1.165, 1.54) is 0 Å². The highest BCUT2D eigenvalue weighted by molar-refractivity contribution is 5.76. The highest BCUT2D eigenvalue weighted by Gasteiger charge is 2.01. The van der Waals surface area contributed by atoms with Crippen LogP contribution in [0.3, 0.4) is 0 Å². The van der Waals surface area contributed by atoms with Crippen LogP contribution in [0.5, 0.6) is 0 Å². The summed E-state index contributed by atoms with van der Waals surface area (Å²) in [7, 11) is 1.61. The van der Waals surface area contributed by atoms with Crippen molar-refractivity contribution in [3.05, 3.63) is 23.8 Å². The number of amides is 1. The molecule has 0 spiro atoms. The maximum Gasteiger partial charge on any atom is 0.221 e. The number of benzene rings is 1. The summed E-state index contributed by atoms with van der Waals surface area (Å²) in [6, 6.07) is 7.49. The van der Waals surface area contributed by atoms with Crippen LogP contribution in [0.4, 0.5) is 11.4 Å². The molecule has 1 rings (SSSR count). The number of rotatable bonds is 5. The van der Waals surface area contributed by atoms with Gasteiger partial charge in [-0.1, -0.05) is 0 Å². The molecule has 1 amide bonds. The van der Waals surface area contributed by atoms with Gasteiger partial charge in [0, 0.05) is 31.4 Å². The largest absolute Gasteiger partial charge is 0.398 e. The van der Waals surface area contributed by atoms with E-state index < -0.39 is 0 Å². The number of nitrogens with two attached hydrogens (primary N) is 1. The monoisotopic (exact) mass is 232 g/mol. The lowest BCUT2D eigenvalue weighted by molar-refractivity contribution is -0.120. The van der Waals surface area contributed by atoms with E-state index in [1.807, 2.05) is 12.1 Å². The molecule has 0 radical (unpaired) electrons. The number of carbonyl (C=O) groups excluding carboxylic acids is 1. The first kappa shape index (κ1) is 12.8. The molecule has 0 saturated heterocycles. The molecule has 90 valence electrons. The zero-order valence-corrected chi connectivity index (χ0v) is 9.79. The van der Waals surface area contributed by atoms with Gasteiger partial charge in [-0.05, 0) is 23.8 Å². The quantitative estimate of drug-likeness (QED) is 0.657. The summed E-state index contributed by atoms with van der Waals surface area (Å²) < 4.78 is 0. The number of nitrogens with zero attached hydrogens (tertiary/aromatic N) is 1. The molecule has 1 aromatic rings. The number of carbonyl (C=O) groups is 1. The molecule has 5 heteroatoms. The first-order valence-corrected chi connectivity index (χ1v) is 5.37. The van der Waals surface area contributed by atoms with Crippen LogP contribution >= 0.6 is 0 Å². The number of nitrogen functional groups attached to an aromatic ring is 1. The van der Waals surface area contributed by atoms with E-state index in [0.717, 1.165) is 11.3 Å². The number of nitriles is 1. The number of nitrogens with one attached hydrogen (secondary N) is 2. The Balaban J connectivity index is 2.57. The molecular formula is C12H16N4O. The summed E-state index contributed by atoms with van der Waals surface area (Å²) in [5, 5.41) is 14.3. The Morgan fingerprint density at radius 2 is 2.29 bits per heavy atom. The highest BCUT2D eigenvalue weighted by atomic mass is 16.1. The molecule has 0 bridgehead atoms. The van der Waals surface area contributed by atoms with Crippen molar-refractivity contribution in [2.24, 2.45) is 0 Å². The van der Waals surface area contributed by atoms with Crippen LogP contribution in [0, 0.1) is 11.3 Å². The molecule has 0 aliphatic heterocycles. The van der Waals surface area contributed by atoms with Gasteiger partial charge in [0.2, 0.25) is 5.91 Å². The molecule has 17 heavy (non-hydrogen) atoms. The Morgan fingerprint density at radius 3 is 2.94 bits per heavy atom. The van der Waals surface area contributed by atoms with Crippen molar-refractivity contribution in [1.82, 2.24) is 5.32 Å². The molecule has 0 saturated carbocycles. The fourth-order valence-electron chi connectivity index (χ4n) is 1.40. The summed E-state index contributed by atoms with van der Waals surface area (Å²) in [4.78, 5) is 11.0. The van der Waals surface area contributed by atoms with E-state index in [4.69, 9.17) is 11.0 Å². The van der Waals surface area contributed by atoms with Gasteiger partial charge in [0.15, 0.2) is 0 Å². The number of hydrogen-bond acceptors (Lipinski definition) is 4. The van der Waals surface area contributed by atoms with Crippen molar-refractivity contribution in [1.29, 1.82) is 5.26 Å². The average Bonchev–Trinajstić information content (AvgIpc) is 2.33. The summed E-state index contributed by atoms with van der Waals surface area (Å²) in [6.45, 7) is 0.551. The van der Waals surface area contributed by atoms with Crippen LogP contribution in [-0.4, -0.2) is 19.5 Å². The fraction of sp³-hybridized carbons (Fsp3) is 0.333. The Labute approximate surface area is 101 Å². The summed E-state index contributed by atoms with van der Waals surface area (Å²) in [6.07, 6.45) is 0.700. The van der Waals surface area contributed by atoms with E-state index in [0.29, 0.717) is 18.7 Å². The smallest absolute Gasteiger partial charge is 0.221 e. The van der Waals surface area contributed by atoms with Crippen molar-refractivity contribution in [3.63, 3.8) is 0 Å². The van der Waals surface area contributed by atoms with Crippen LogP contribution in [0.15, 0.2) is 18.2 Å². The predicted octanol–water partition coefficient (Wildman–Crippen LogP) is 0.883. The van der Waals surface area contributed by atoms with Gasteiger partial charge in [0.1, 0.15) is 0 Å². The normalized spacial score (nSPS) is 9.41. The van der Waals surface area contributed by atoms with Gasteiger partial charge in [0.25, 0.3) is 0 Å². The van der Waals surface area contributed by atoms with Crippen molar-refractivity contribution in [2.75, 3.05) is 24.6 Å². The standard InChI is InChI=1S/C12H16N4O/c1-15-12(17)5-7-16-10-2-3-11(14)9(8-10)4-6-13/h2-3,8,16H,4-5,7,14H2,1H3,(H,15,17). The van der Waals surface area contributed by atoms with Crippen LogP contribution in [0.2, 0.25) is 0 Å². The van der Waals surface area contributed by atoms with E-state index in [2.05, 4.69) is 16.7 Å². The third kappa shape index (κ3) is 4.03. The molecule has 1 aromatic carbocycles. The van der Waals surface area contributed by atoms with Crippen molar-refractivity contribution in [2.45, 2.75) is 12.8 Å². The lowest BCUT2D eigenvalue weighted by Crippen LogP contribution is -2.20. The van der Waals surface area contributed by atoms with E-state index in [9.17, 15) is 4.79 Å². The van der Waals surface area contributed by atoms with Gasteiger partial charge < -0.3 is 16.4 Å². The molecule has 0 aliphatic rings. The van der Waals surface area contributed by atoms with Crippen LogP contribution in [0.1, 0.15) is 12.0 Å². The fourth-order valence-corrected chi connectivity index (χ4v) is 1.40. The molecule has 0 aromatic heterocycles. The van der Waals surface area contributed by atoms with Crippen molar-refractivity contribution < 1.29 is 4.79 Å². The molecule has 5 nitrogen and oxygen atoms in total. The molecule has 0 heterocycles. The minimum atomic E-state index is -0.00908. The maximum atomic E-state index is 11.0. The van der Waals surface area contributed by atoms with Crippen LogP contribution < -0.4 is 16.4 Å². The Bertz CT molecular complexity index is 437. The molecule has 4 N–H and O–H groups in total. The Hall–Kier alpha value is -2.22. The molecule has 0 unspecified atom stereocenters. The molecule has 0 atom stereocenters.